The summed E-state index contributed by atoms with van der Waals surface area (Å²) in [5.41, 5.74) is 1.43. The predicted molar refractivity (Wildman–Crippen MR) is 109 cm³/mol. The molecule has 0 saturated carbocycles. The monoisotopic (exact) mass is 458 g/mol. The summed E-state index contributed by atoms with van der Waals surface area (Å²) in [4.78, 5) is 24.4. The van der Waals surface area contributed by atoms with Gasteiger partial charge in [0.1, 0.15) is 6.54 Å². The van der Waals surface area contributed by atoms with E-state index in [1.807, 2.05) is 0 Å². The molecule has 0 atom stereocenters. The van der Waals surface area contributed by atoms with Gasteiger partial charge in [0.2, 0.25) is 0 Å². The highest BCUT2D eigenvalue weighted by atomic mass is 35.5. The van der Waals surface area contributed by atoms with Gasteiger partial charge < -0.3 is 9.84 Å². The third-order valence-corrected chi connectivity index (χ3v) is 6.53. The van der Waals surface area contributed by atoms with E-state index in [1.54, 1.807) is 12.1 Å². The third kappa shape index (κ3) is 4.26. The summed E-state index contributed by atoms with van der Waals surface area (Å²) in [7, 11) is -3.00. The second-order valence-corrected chi connectivity index (χ2v) is 8.93. The number of carbonyl (C=O) groups is 2. The van der Waals surface area contributed by atoms with Crippen LogP contribution in [-0.2, 0) is 26.0 Å². The molecule has 1 amide bonds. The number of hydrogen-bond acceptors (Lipinski definition) is 5. The first-order valence-electron chi connectivity index (χ1n) is 8.32. The molecule has 29 heavy (non-hydrogen) atoms. The number of nitrogens with zero attached hydrogens (tertiary/aromatic N) is 2. The lowest BCUT2D eigenvalue weighted by molar-refractivity contribution is -0.135. The van der Waals surface area contributed by atoms with Gasteiger partial charge in [0, 0.05) is 16.6 Å². The fourth-order valence-electron chi connectivity index (χ4n) is 3.09. The number of aliphatic carboxylic acids is 1. The number of methoxy groups -OCH3 is 1. The Morgan fingerprint density at radius 3 is 2.41 bits per heavy atom. The molecule has 154 valence electrons. The van der Waals surface area contributed by atoms with Crippen LogP contribution in [0.4, 0.5) is 16.2 Å². The molecule has 2 aromatic carbocycles. The van der Waals surface area contributed by atoms with Crippen LogP contribution in [-0.4, -0.2) is 45.8 Å². The van der Waals surface area contributed by atoms with Gasteiger partial charge in [-0.1, -0.05) is 23.2 Å². The lowest BCUT2D eigenvalue weighted by Gasteiger charge is -2.24. The number of sulfonamides is 1. The SMILES string of the molecule is COC(=O)N1CCc2cc(N(CC(=O)O)S(=O)(=O)c3cc(Cl)cc(Cl)c3)ccc21. The Labute approximate surface area is 177 Å². The van der Waals surface area contributed by atoms with Crippen LogP contribution in [0.1, 0.15) is 5.56 Å². The smallest absolute Gasteiger partial charge is 0.414 e. The molecule has 0 spiro atoms. The van der Waals surface area contributed by atoms with Crippen LogP contribution in [0, 0.1) is 0 Å². The fourth-order valence-corrected chi connectivity index (χ4v) is 5.22. The van der Waals surface area contributed by atoms with E-state index in [1.165, 1.54) is 36.3 Å². The molecule has 2 aromatic rings. The van der Waals surface area contributed by atoms with E-state index in [4.69, 9.17) is 27.9 Å². The van der Waals surface area contributed by atoms with Crippen LogP contribution >= 0.6 is 23.2 Å². The first-order chi connectivity index (χ1) is 13.6. The first kappa shape index (κ1) is 21.2. The molecule has 1 aliphatic heterocycles. The minimum atomic E-state index is -4.27. The first-order valence-corrected chi connectivity index (χ1v) is 10.5. The lowest BCUT2D eigenvalue weighted by atomic mass is 10.1. The summed E-state index contributed by atoms with van der Waals surface area (Å²) in [6, 6.07) is 8.32. The van der Waals surface area contributed by atoms with Gasteiger partial charge in [0.05, 0.1) is 23.4 Å². The Bertz CT molecular complexity index is 1070. The van der Waals surface area contributed by atoms with E-state index >= 15 is 0 Å². The second-order valence-electron chi connectivity index (χ2n) is 6.20. The van der Waals surface area contributed by atoms with Crippen LogP contribution < -0.4 is 9.21 Å². The second kappa shape index (κ2) is 8.10. The number of anilines is 2. The Hall–Kier alpha value is -2.49. The summed E-state index contributed by atoms with van der Waals surface area (Å²) in [6.07, 6.45) is -0.0533. The molecular weight excluding hydrogens is 443 g/mol. The Morgan fingerprint density at radius 1 is 1.17 bits per heavy atom. The largest absolute Gasteiger partial charge is 0.480 e. The molecule has 1 N–H and O–H groups in total. The van der Waals surface area contributed by atoms with Crippen molar-refractivity contribution in [2.75, 3.05) is 29.4 Å². The topological polar surface area (TPSA) is 104 Å². The van der Waals surface area contributed by atoms with Crippen molar-refractivity contribution in [1.29, 1.82) is 0 Å². The average Bonchev–Trinajstić information content (AvgIpc) is 3.07. The maximum atomic E-state index is 13.2. The number of ether oxygens (including phenoxy) is 1. The molecular formula is C18H16Cl2N2O6S. The highest BCUT2D eigenvalue weighted by Crippen LogP contribution is 2.34. The molecule has 0 bridgehead atoms. The van der Waals surface area contributed by atoms with Crippen LogP contribution in [0.15, 0.2) is 41.3 Å². The Balaban J connectivity index is 2.06. The molecule has 0 saturated heterocycles. The molecule has 8 nitrogen and oxygen atoms in total. The number of hydrogen-bond donors (Lipinski definition) is 1. The summed E-state index contributed by atoms with van der Waals surface area (Å²) < 4.78 is 31.8. The molecule has 1 heterocycles. The highest BCUT2D eigenvalue weighted by Gasteiger charge is 2.31. The van der Waals surface area contributed by atoms with Gasteiger partial charge >= 0.3 is 12.1 Å². The molecule has 3 rings (SSSR count). The van der Waals surface area contributed by atoms with Gasteiger partial charge in [-0.15, -0.1) is 0 Å². The average molecular weight is 459 g/mol. The molecule has 0 aromatic heterocycles. The zero-order chi connectivity index (χ0) is 21.3. The maximum absolute atomic E-state index is 13.2. The normalized spacial score (nSPS) is 13.1. The number of amides is 1. The van der Waals surface area contributed by atoms with Crippen molar-refractivity contribution in [3.63, 3.8) is 0 Å². The van der Waals surface area contributed by atoms with Crippen molar-refractivity contribution < 1.29 is 27.9 Å². The van der Waals surface area contributed by atoms with E-state index in [2.05, 4.69) is 0 Å². The van der Waals surface area contributed by atoms with Crippen LogP contribution in [0.5, 0.6) is 0 Å². The molecule has 0 radical (unpaired) electrons. The summed E-state index contributed by atoms with van der Waals surface area (Å²) in [5.74, 6) is -1.33. The summed E-state index contributed by atoms with van der Waals surface area (Å²) in [5, 5.41) is 9.49. The highest BCUT2D eigenvalue weighted by molar-refractivity contribution is 7.92. The van der Waals surface area contributed by atoms with E-state index in [-0.39, 0.29) is 20.6 Å². The number of carbonyl (C=O) groups excluding carboxylic acids is 1. The zero-order valence-electron chi connectivity index (χ0n) is 15.1. The standard InChI is InChI=1S/C18H16Cl2N2O6S/c1-28-18(25)21-5-4-11-6-14(2-3-16(11)21)22(10-17(23)24)29(26,27)15-8-12(19)7-13(20)9-15/h2-3,6-9H,4-5,10H2,1H3,(H,23,24). The van der Waals surface area contributed by atoms with Crippen molar-refractivity contribution >= 4 is 56.7 Å². The van der Waals surface area contributed by atoms with Crippen molar-refractivity contribution in [3.8, 4) is 0 Å². The van der Waals surface area contributed by atoms with Crippen molar-refractivity contribution in [2.45, 2.75) is 11.3 Å². The lowest BCUT2D eigenvalue weighted by Crippen LogP contribution is -2.35. The fraction of sp³-hybridized carbons (Fsp3) is 0.222. The molecule has 1 aliphatic rings. The van der Waals surface area contributed by atoms with Gasteiger partial charge in [-0.05, 0) is 48.4 Å². The summed E-state index contributed by atoms with van der Waals surface area (Å²) >= 11 is 11.8. The number of carboxylic acid groups (broad SMARTS) is 1. The zero-order valence-corrected chi connectivity index (χ0v) is 17.5. The summed E-state index contributed by atoms with van der Waals surface area (Å²) in [6.45, 7) is -0.424. The molecule has 0 fully saturated rings. The maximum Gasteiger partial charge on any atom is 0.414 e. The number of halogens is 2. The molecule has 0 unspecified atom stereocenters. The van der Waals surface area contributed by atoms with Gasteiger partial charge in [0.25, 0.3) is 10.0 Å². The van der Waals surface area contributed by atoms with Gasteiger partial charge in [-0.2, -0.15) is 0 Å². The Kier molecular flexibility index (Phi) is 5.92. The van der Waals surface area contributed by atoms with Crippen LogP contribution in [0.2, 0.25) is 10.0 Å². The van der Waals surface area contributed by atoms with Crippen molar-refractivity contribution in [2.24, 2.45) is 0 Å². The third-order valence-electron chi connectivity index (χ3n) is 4.34. The van der Waals surface area contributed by atoms with E-state index < -0.39 is 28.6 Å². The molecule has 0 aliphatic carbocycles. The van der Waals surface area contributed by atoms with E-state index in [0.29, 0.717) is 24.2 Å². The number of fused-ring (bicyclic) bond motifs is 1. The number of carboxylic acids is 1. The minimum Gasteiger partial charge on any atom is -0.480 e. The number of rotatable bonds is 5. The predicted octanol–water partition coefficient (Wildman–Crippen LogP) is 3.40. The number of benzene rings is 2. The van der Waals surface area contributed by atoms with E-state index in [9.17, 15) is 23.1 Å². The van der Waals surface area contributed by atoms with Crippen molar-refractivity contribution in [1.82, 2.24) is 0 Å². The molecule has 11 heteroatoms. The van der Waals surface area contributed by atoms with Gasteiger partial charge in [0.15, 0.2) is 0 Å². The van der Waals surface area contributed by atoms with Crippen LogP contribution in [0.3, 0.4) is 0 Å². The van der Waals surface area contributed by atoms with Gasteiger partial charge in [-0.3, -0.25) is 14.0 Å². The van der Waals surface area contributed by atoms with Crippen LogP contribution in [0.25, 0.3) is 0 Å². The van der Waals surface area contributed by atoms with Crippen molar-refractivity contribution in [3.05, 3.63) is 52.0 Å². The Morgan fingerprint density at radius 2 is 1.83 bits per heavy atom. The minimum absolute atomic E-state index is 0.106. The van der Waals surface area contributed by atoms with Gasteiger partial charge in [-0.25, -0.2) is 13.2 Å². The quantitative estimate of drug-likeness (QED) is 0.735. The van der Waals surface area contributed by atoms with E-state index in [0.717, 1.165) is 4.31 Å².